The Morgan fingerprint density at radius 3 is 2.94 bits per heavy atom. The number of nitrogens with zero attached hydrogens (tertiary/aromatic N) is 1. The SMILES string of the molecule is O=C(NCCNCCCO)c1cccnc1. The third-order valence-electron chi connectivity index (χ3n) is 2.02. The molecular weight excluding hydrogens is 206 g/mol. The second-order valence-electron chi connectivity index (χ2n) is 3.32. The Labute approximate surface area is 94.9 Å². The van der Waals surface area contributed by atoms with Crippen molar-refractivity contribution in [2.45, 2.75) is 6.42 Å². The summed E-state index contributed by atoms with van der Waals surface area (Å²) in [6.45, 7) is 2.22. The molecule has 1 heterocycles. The quantitative estimate of drug-likeness (QED) is 0.559. The Balaban J connectivity index is 2.12. The second kappa shape index (κ2) is 7.78. The standard InChI is InChI=1S/C11H17N3O2/c15-8-2-5-12-6-7-14-11(16)10-3-1-4-13-9-10/h1,3-4,9,12,15H,2,5-8H2,(H,14,16). The summed E-state index contributed by atoms with van der Waals surface area (Å²) in [5.74, 6) is -0.114. The van der Waals surface area contributed by atoms with E-state index in [0.717, 1.165) is 13.0 Å². The first kappa shape index (κ1) is 12.6. The Morgan fingerprint density at radius 1 is 1.38 bits per heavy atom. The molecule has 0 saturated carbocycles. The van der Waals surface area contributed by atoms with E-state index in [1.54, 1.807) is 18.3 Å². The van der Waals surface area contributed by atoms with Crippen LogP contribution in [0.5, 0.6) is 0 Å². The van der Waals surface area contributed by atoms with Crippen molar-refractivity contribution >= 4 is 5.91 Å². The third kappa shape index (κ3) is 4.86. The molecule has 1 aromatic rings. The van der Waals surface area contributed by atoms with Crippen LogP contribution in [0.4, 0.5) is 0 Å². The van der Waals surface area contributed by atoms with Gasteiger partial charge in [0.2, 0.25) is 0 Å². The third-order valence-corrected chi connectivity index (χ3v) is 2.02. The number of carbonyl (C=O) groups excluding carboxylic acids is 1. The molecule has 16 heavy (non-hydrogen) atoms. The molecule has 5 heteroatoms. The van der Waals surface area contributed by atoms with Gasteiger partial charge in [-0.15, -0.1) is 0 Å². The number of pyridine rings is 1. The number of nitrogens with one attached hydrogen (secondary N) is 2. The predicted octanol–water partition coefficient (Wildman–Crippen LogP) is -0.217. The van der Waals surface area contributed by atoms with Crippen LogP contribution in [0.2, 0.25) is 0 Å². The molecule has 5 nitrogen and oxygen atoms in total. The fourth-order valence-electron chi connectivity index (χ4n) is 1.19. The summed E-state index contributed by atoms with van der Waals surface area (Å²) >= 11 is 0. The zero-order valence-electron chi connectivity index (χ0n) is 9.15. The number of carbonyl (C=O) groups is 1. The molecule has 0 unspecified atom stereocenters. The number of rotatable bonds is 7. The highest BCUT2D eigenvalue weighted by atomic mass is 16.3. The van der Waals surface area contributed by atoms with Crippen molar-refractivity contribution in [3.05, 3.63) is 30.1 Å². The van der Waals surface area contributed by atoms with Gasteiger partial charge in [-0.05, 0) is 25.1 Å². The number of aliphatic hydroxyl groups is 1. The number of hydrogen-bond acceptors (Lipinski definition) is 4. The minimum absolute atomic E-state index is 0.114. The fourth-order valence-corrected chi connectivity index (χ4v) is 1.19. The fraction of sp³-hybridized carbons (Fsp3) is 0.455. The molecule has 1 amide bonds. The van der Waals surface area contributed by atoms with Crippen molar-refractivity contribution in [2.24, 2.45) is 0 Å². The average molecular weight is 223 g/mol. The average Bonchev–Trinajstić information content (AvgIpc) is 2.34. The monoisotopic (exact) mass is 223 g/mol. The maximum Gasteiger partial charge on any atom is 0.252 e. The van der Waals surface area contributed by atoms with Crippen LogP contribution in [-0.2, 0) is 0 Å². The zero-order valence-corrected chi connectivity index (χ0v) is 9.15. The number of hydrogen-bond donors (Lipinski definition) is 3. The maximum absolute atomic E-state index is 11.5. The Kier molecular flexibility index (Phi) is 6.13. The highest BCUT2D eigenvalue weighted by Gasteiger charge is 2.02. The molecule has 0 aromatic carbocycles. The first-order chi connectivity index (χ1) is 7.84. The molecule has 0 atom stereocenters. The van der Waals surface area contributed by atoms with E-state index < -0.39 is 0 Å². The van der Waals surface area contributed by atoms with Gasteiger partial charge in [-0.25, -0.2) is 0 Å². The summed E-state index contributed by atoms with van der Waals surface area (Å²) in [6.07, 6.45) is 3.90. The van der Waals surface area contributed by atoms with Crippen molar-refractivity contribution in [3.8, 4) is 0 Å². The minimum atomic E-state index is -0.114. The summed E-state index contributed by atoms with van der Waals surface area (Å²) in [4.78, 5) is 15.4. The largest absolute Gasteiger partial charge is 0.396 e. The van der Waals surface area contributed by atoms with Crippen LogP contribution in [0.25, 0.3) is 0 Å². The second-order valence-corrected chi connectivity index (χ2v) is 3.32. The molecule has 0 aliphatic rings. The highest BCUT2D eigenvalue weighted by molar-refractivity contribution is 5.93. The summed E-state index contributed by atoms with van der Waals surface area (Å²) in [5, 5.41) is 14.4. The molecule has 0 radical (unpaired) electrons. The minimum Gasteiger partial charge on any atom is -0.396 e. The molecule has 88 valence electrons. The van der Waals surface area contributed by atoms with E-state index in [4.69, 9.17) is 5.11 Å². The lowest BCUT2D eigenvalue weighted by molar-refractivity contribution is 0.0953. The molecule has 0 bridgehead atoms. The van der Waals surface area contributed by atoms with Gasteiger partial charge in [0.1, 0.15) is 0 Å². The van der Waals surface area contributed by atoms with E-state index in [0.29, 0.717) is 18.7 Å². The van der Waals surface area contributed by atoms with Crippen LogP contribution in [0.3, 0.4) is 0 Å². The van der Waals surface area contributed by atoms with E-state index >= 15 is 0 Å². The number of aromatic nitrogens is 1. The highest BCUT2D eigenvalue weighted by Crippen LogP contribution is 1.93. The van der Waals surface area contributed by atoms with Crippen LogP contribution in [0, 0.1) is 0 Å². The predicted molar refractivity (Wildman–Crippen MR) is 61.1 cm³/mol. The summed E-state index contributed by atoms with van der Waals surface area (Å²) in [6, 6.07) is 3.45. The maximum atomic E-state index is 11.5. The molecule has 1 aromatic heterocycles. The first-order valence-electron chi connectivity index (χ1n) is 5.34. The molecule has 0 saturated heterocycles. The van der Waals surface area contributed by atoms with Gasteiger partial charge in [0.25, 0.3) is 5.91 Å². The molecule has 3 N–H and O–H groups in total. The van der Waals surface area contributed by atoms with Crippen LogP contribution < -0.4 is 10.6 Å². The number of aliphatic hydroxyl groups excluding tert-OH is 1. The summed E-state index contributed by atoms with van der Waals surface area (Å²) < 4.78 is 0. The number of amides is 1. The zero-order chi connectivity index (χ0) is 11.6. The van der Waals surface area contributed by atoms with Crippen molar-refractivity contribution < 1.29 is 9.90 Å². The van der Waals surface area contributed by atoms with Crippen LogP contribution in [0.15, 0.2) is 24.5 Å². The van der Waals surface area contributed by atoms with Crippen molar-refractivity contribution in [1.29, 1.82) is 0 Å². The molecule has 0 aliphatic carbocycles. The van der Waals surface area contributed by atoms with Gasteiger partial charge in [-0.3, -0.25) is 9.78 Å². The van der Waals surface area contributed by atoms with E-state index in [2.05, 4.69) is 15.6 Å². The lowest BCUT2D eigenvalue weighted by Crippen LogP contribution is -2.32. The molecule has 1 rings (SSSR count). The molecule has 0 aliphatic heterocycles. The molecule has 0 spiro atoms. The van der Waals surface area contributed by atoms with Gasteiger partial charge in [0.15, 0.2) is 0 Å². The van der Waals surface area contributed by atoms with E-state index in [1.807, 2.05) is 0 Å². The smallest absolute Gasteiger partial charge is 0.252 e. The van der Waals surface area contributed by atoms with Gasteiger partial charge in [-0.2, -0.15) is 0 Å². The van der Waals surface area contributed by atoms with Gasteiger partial charge in [0.05, 0.1) is 5.56 Å². The van der Waals surface area contributed by atoms with Crippen molar-refractivity contribution in [3.63, 3.8) is 0 Å². The van der Waals surface area contributed by atoms with Crippen molar-refractivity contribution in [2.75, 3.05) is 26.2 Å². The van der Waals surface area contributed by atoms with Gasteiger partial charge in [-0.1, -0.05) is 0 Å². The molecular formula is C11H17N3O2. The Morgan fingerprint density at radius 2 is 2.25 bits per heavy atom. The normalized spacial score (nSPS) is 10.1. The van der Waals surface area contributed by atoms with Gasteiger partial charge in [0, 0.05) is 32.1 Å². The van der Waals surface area contributed by atoms with E-state index in [9.17, 15) is 4.79 Å². The summed E-state index contributed by atoms with van der Waals surface area (Å²) in [7, 11) is 0. The Bertz CT molecular complexity index is 303. The van der Waals surface area contributed by atoms with Crippen LogP contribution >= 0.6 is 0 Å². The topological polar surface area (TPSA) is 74.2 Å². The van der Waals surface area contributed by atoms with E-state index in [1.165, 1.54) is 6.20 Å². The lowest BCUT2D eigenvalue weighted by atomic mass is 10.3. The Hall–Kier alpha value is -1.46. The van der Waals surface area contributed by atoms with Crippen LogP contribution in [0.1, 0.15) is 16.8 Å². The lowest BCUT2D eigenvalue weighted by Gasteiger charge is -2.05. The summed E-state index contributed by atoms with van der Waals surface area (Å²) in [5.41, 5.74) is 0.567. The van der Waals surface area contributed by atoms with Gasteiger partial charge >= 0.3 is 0 Å². The van der Waals surface area contributed by atoms with Crippen LogP contribution in [-0.4, -0.2) is 42.2 Å². The van der Waals surface area contributed by atoms with Crippen molar-refractivity contribution in [1.82, 2.24) is 15.6 Å². The first-order valence-corrected chi connectivity index (χ1v) is 5.34. The van der Waals surface area contributed by atoms with Gasteiger partial charge < -0.3 is 15.7 Å². The van der Waals surface area contributed by atoms with E-state index in [-0.39, 0.29) is 12.5 Å². The molecule has 0 fully saturated rings.